The van der Waals surface area contributed by atoms with Crippen molar-refractivity contribution in [2.75, 3.05) is 12.4 Å². The van der Waals surface area contributed by atoms with Gasteiger partial charge in [0, 0.05) is 11.4 Å². The summed E-state index contributed by atoms with van der Waals surface area (Å²) in [6.07, 6.45) is -4.31. The summed E-state index contributed by atoms with van der Waals surface area (Å²) in [5.74, 6) is 0.720. The van der Waals surface area contributed by atoms with Gasteiger partial charge in [0.25, 0.3) is 0 Å². The number of methoxy groups -OCH3 is 1. The molecule has 0 saturated carbocycles. The first-order valence-electron chi connectivity index (χ1n) is 5.57. The summed E-state index contributed by atoms with van der Waals surface area (Å²) in [4.78, 5) is 0. The summed E-state index contributed by atoms with van der Waals surface area (Å²) >= 11 is 0. The zero-order valence-electron chi connectivity index (χ0n) is 10.2. The molecule has 0 bridgehead atoms. The smallest absolute Gasteiger partial charge is 0.416 e. The van der Waals surface area contributed by atoms with E-state index in [0.717, 1.165) is 23.6 Å². The highest BCUT2D eigenvalue weighted by Crippen LogP contribution is 2.30. The number of anilines is 2. The van der Waals surface area contributed by atoms with Gasteiger partial charge in [-0.25, -0.2) is 0 Å². The summed E-state index contributed by atoms with van der Waals surface area (Å²) in [6.45, 7) is 0. The van der Waals surface area contributed by atoms with Gasteiger partial charge in [0.1, 0.15) is 5.75 Å². The maximum Gasteiger partial charge on any atom is 0.416 e. The Balaban J connectivity index is 2.10. The molecule has 1 N–H and O–H groups in total. The van der Waals surface area contributed by atoms with E-state index in [2.05, 4.69) is 5.32 Å². The molecule has 0 radical (unpaired) electrons. The predicted molar refractivity (Wildman–Crippen MR) is 67.7 cm³/mol. The van der Waals surface area contributed by atoms with Crippen LogP contribution in [0, 0.1) is 0 Å². The van der Waals surface area contributed by atoms with Crippen LogP contribution in [0.1, 0.15) is 5.56 Å². The van der Waals surface area contributed by atoms with Crippen LogP contribution in [0.4, 0.5) is 24.5 Å². The van der Waals surface area contributed by atoms with Crippen molar-refractivity contribution in [3.63, 3.8) is 0 Å². The largest absolute Gasteiger partial charge is 0.497 e. The lowest BCUT2D eigenvalue weighted by atomic mass is 10.2. The highest BCUT2D eigenvalue weighted by Gasteiger charge is 2.29. The van der Waals surface area contributed by atoms with E-state index in [-0.39, 0.29) is 0 Å². The van der Waals surface area contributed by atoms with Crippen molar-refractivity contribution in [2.45, 2.75) is 6.18 Å². The van der Waals surface area contributed by atoms with E-state index in [9.17, 15) is 13.2 Å². The predicted octanol–water partition coefficient (Wildman–Crippen LogP) is 4.46. The fourth-order valence-electron chi connectivity index (χ4n) is 1.58. The van der Waals surface area contributed by atoms with Crippen molar-refractivity contribution < 1.29 is 17.9 Å². The van der Waals surface area contributed by atoms with Crippen LogP contribution >= 0.6 is 0 Å². The standard InChI is InChI=1S/C14H12F3NO/c1-19-13-8-6-12(7-9-13)18-11-4-2-10(3-5-11)14(15,16)17/h2-9,18H,1H3. The molecule has 100 valence electrons. The summed E-state index contributed by atoms with van der Waals surface area (Å²) in [5, 5.41) is 3.01. The SMILES string of the molecule is COc1ccc(Nc2ccc(C(F)(F)F)cc2)cc1. The Kier molecular flexibility index (Phi) is 3.64. The van der Waals surface area contributed by atoms with E-state index in [1.165, 1.54) is 12.1 Å². The van der Waals surface area contributed by atoms with E-state index in [0.29, 0.717) is 5.69 Å². The number of alkyl halides is 3. The molecule has 5 heteroatoms. The molecule has 0 aliphatic rings. The van der Waals surface area contributed by atoms with E-state index in [4.69, 9.17) is 4.74 Å². The third-order valence-electron chi connectivity index (χ3n) is 2.59. The molecule has 0 unspecified atom stereocenters. The van der Waals surface area contributed by atoms with Crippen LogP contribution in [0.5, 0.6) is 5.75 Å². The Morgan fingerprint density at radius 2 is 1.32 bits per heavy atom. The van der Waals surface area contributed by atoms with Crippen LogP contribution in [-0.2, 0) is 6.18 Å². The van der Waals surface area contributed by atoms with Crippen LogP contribution in [-0.4, -0.2) is 7.11 Å². The molecule has 0 heterocycles. The van der Waals surface area contributed by atoms with Crippen molar-refractivity contribution in [3.8, 4) is 5.75 Å². The number of ether oxygens (including phenoxy) is 1. The first-order chi connectivity index (χ1) is 8.99. The number of benzene rings is 2. The summed E-state index contributed by atoms with van der Waals surface area (Å²) in [7, 11) is 1.57. The Morgan fingerprint density at radius 1 is 0.842 bits per heavy atom. The molecule has 0 saturated heterocycles. The molecule has 0 spiro atoms. The third kappa shape index (κ3) is 3.40. The third-order valence-corrected chi connectivity index (χ3v) is 2.59. The molecule has 19 heavy (non-hydrogen) atoms. The number of hydrogen-bond donors (Lipinski definition) is 1. The molecule has 2 nitrogen and oxygen atoms in total. The Morgan fingerprint density at radius 3 is 1.74 bits per heavy atom. The maximum atomic E-state index is 12.4. The van der Waals surface area contributed by atoms with Crippen molar-refractivity contribution in [1.29, 1.82) is 0 Å². The zero-order valence-corrected chi connectivity index (χ0v) is 10.2. The van der Waals surface area contributed by atoms with Gasteiger partial charge in [-0.2, -0.15) is 13.2 Å². The molecule has 0 aromatic heterocycles. The zero-order chi connectivity index (χ0) is 13.9. The summed E-state index contributed by atoms with van der Waals surface area (Å²) in [5.41, 5.74) is 0.714. The van der Waals surface area contributed by atoms with E-state index in [1.807, 2.05) is 0 Å². The molecule has 2 aromatic rings. The van der Waals surface area contributed by atoms with Crippen LogP contribution in [0.3, 0.4) is 0 Å². The molecule has 0 atom stereocenters. The molecule has 0 aliphatic heterocycles. The van der Waals surface area contributed by atoms with E-state index in [1.54, 1.807) is 31.4 Å². The van der Waals surface area contributed by atoms with Gasteiger partial charge in [-0.1, -0.05) is 0 Å². The van der Waals surface area contributed by atoms with Gasteiger partial charge in [0.15, 0.2) is 0 Å². The lowest BCUT2D eigenvalue weighted by molar-refractivity contribution is -0.137. The van der Waals surface area contributed by atoms with Crippen LogP contribution in [0.25, 0.3) is 0 Å². The van der Waals surface area contributed by atoms with Gasteiger partial charge >= 0.3 is 6.18 Å². The molecule has 2 aromatic carbocycles. The molecule has 0 aliphatic carbocycles. The van der Waals surface area contributed by atoms with Gasteiger partial charge in [-0.15, -0.1) is 0 Å². The average molecular weight is 267 g/mol. The van der Waals surface area contributed by atoms with Crippen LogP contribution < -0.4 is 10.1 Å². The fourth-order valence-corrected chi connectivity index (χ4v) is 1.58. The Bertz CT molecular complexity index is 532. The Hall–Kier alpha value is -2.17. The summed E-state index contributed by atoms with van der Waals surface area (Å²) in [6, 6.07) is 12.0. The van der Waals surface area contributed by atoms with Crippen molar-refractivity contribution in [1.82, 2.24) is 0 Å². The van der Waals surface area contributed by atoms with Gasteiger partial charge in [0.05, 0.1) is 12.7 Å². The maximum absolute atomic E-state index is 12.4. The number of hydrogen-bond acceptors (Lipinski definition) is 2. The minimum absolute atomic E-state index is 0.596. The van der Waals surface area contributed by atoms with Gasteiger partial charge in [0.2, 0.25) is 0 Å². The van der Waals surface area contributed by atoms with Gasteiger partial charge in [-0.05, 0) is 48.5 Å². The summed E-state index contributed by atoms with van der Waals surface area (Å²) < 4.78 is 42.2. The molecule has 0 fully saturated rings. The van der Waals surface area contributed by atoms with E-state index >= 15 is 0 Å². The minimum Gasteiger partial charge on any atom is -0.497 e. The normalized spacial score (nSPS) is 11.2. The average Bonchev–Trinajstić information content (AvgIpc) is 2.39. The highest BCUT2D eigenvalue weighted by molar-refractivity contribution is 5.60. The number of rotatable bonds is 3. The molecular weight excluding hydrogens is 255 g/mol. The lowest BCUT2D eigenvalue weighted by Crippen LogP contribution is -2.04. The van der Waals surface area contributed by atoms with Crippen LogP contribution in [0.15, 0.2) is 48.5 Å². The Labute approximate surface area is 108 Å². The van der Waals surface area contributed by atoms with Crippen molar-refractivity contribution in [3.05, 3.63) is 54.1 Å². The highest BCUT2D eigenvalue weighted by atomic mass is 19.4. The lowest BCUT2D eigenvalue weighted by Gasteiger charge is -2.10. The van der Waals surface area contributed by atoms with Crippen LogP contribution in [0.2, 0.25) is 0 Å². The monoisotopic (exact) mass is 267 g/mol. The molecule has 2 rings (SSSR count). The quantitative estimate of drug-likeness (QED) is 0.886. The molecular formula is C14H12F3NO. The van der Waals surface area contributed by atoms with Crippen molar-refractivity contribution in [2.24, 2.45) is 0 Å². The fraction of sp³-hybridized carbons (Fsp3) is 0.143. The second-order valence-corrected chi connectivity index (χ2v) is 3.93. The first kappa shape index (κ1) is 13.3. The molecule has 0 amide bonds. The minimum atomic E-state index is -4.31. The van der Waals surface area contributed by atoms with Crippen molar-refractivity contribution >= 4 is 11.4 Å². The first-order valence-corrected chi connectivity index (χ1v) is 5.57. The topological polar surface area (TPSA) is 21.3 Å². The second kappa shape index (κ2) is 5.22. The number of nitrogens with one attached hydrogen (secondary N) is 1. The number of halogens is 3. The van der Waals surface area contributed by atoms with Gasteiger partial charge in [-0.3, -0.25) is 0 Å². The van der Waals surface area contributed by atoms with E-state index < -0.39 is 11.7 Å². The second-order valence-electron chi connectivity index (χ2n) is 3.93. The van der Waals surface area contributed by atoms with Gasteiger partial charge < -0.3 is 10.1 Å².